The normalized spacial score (nSPS) is 17.4. The van der Waals surface area contributed by atoms with E-state index in [1.807, 2.05) is 18.2 Å². The number of benzene rings is 2. The summed E-state index contributed by atoms with van der Waals surface area (Å²) in [5.74, 6) is 0. The lowest BCUT2D eigenvalue weighted by molar-refractivity contribution is -0.385. The Morgan fingerprint density at radius 1 is 1.19 bits per heavy atom. The second-order valence-corrected chi connectivity index (χ2v) is 5.53. The van der Waals surface area contributed by atoms with Crippen LogP contribution in [0.15, 0.2) is 48.5 Å². The zero-order valence-corrected chi connectivity index (χ0v) is 12.0. The van der Waals surface area contributed by atoms with Crippen molar-refractivity contribution in [3.05, 3.63) is 69.8 Å². The van der Waals surface area contributed by atoms with Crippen molar-refractivity contribution >= 4 is 11.4 Å². The lowest BCUT2D eigenvalue weighted by Crippen LogP contribution is -2.36. The molecule has 0 N–H and O–H groups in total. The van der Waals surface area contributed by atoms with Gasteiger partial charge in [0.2, 0.25) is 0 Å². The Morgan fingerprint density at radius 2 is 1.90 bits per heavy atom. The molecule has 3 rings (SSSR count). The van der Waals surface area contributed by atoms with Gasteiger partial charge in [0.05, 0.1) is 11.5 Å². The van der Waals surface area contributed by atoms with Crippen LogP contribution in [0.4, 0.5) is 11.4 Å². The smallest absolute Gasteiger partial charge is 0.274 e. The van der Waals surface area contributed by atoms with Crippen LogP contribution < -0.4 is 4.90 Å². The molecule has 1 unspecified atom stereocenters. The Balaban J connectivity index is 1.97. The largest absolute Gasteiger partial charge is 0.364 e. The summed E-state index contributed by atoms with van der Waals surface area (Å²) in [5.41, 5.74) is 3.50. The number of nitrogens with zero attached hydrogens (tertiary/aromatic N) is 2. The minimum absolute atomic E-state index is 0.202. The first-order valence-electron chi connectivity index (χ1n) is 7.23. The number of hydrogen-bond acceptors (Lipinski definition) is 3. The van der Waals surface area contributed by atoms with Crippen LogP contribution in [0.2, 0.25) is 0 Å². The minimum Gasteiger partial charge on any atom is -0.364 e. The fraction of sp³-hybridized carbons (Fsp3) is 0.294. The third-order valence-electron chi connectivity index (χ3n) is 4.19. The van der Waals surface area contributed by atoms with Gasteiger partial charge in [0, 0.05) is 23.4 Å². The Morgan fingerprint density at radius 3 is 2.71 bits per heavy atom. The average molecular weight is 282 g/mol. The van der Waals surface area contributed by atoms with Crippen LogP contribution in [-0.4, -0.2) is 11.0 Å². The van der Waals surface area contributed by atoms with Crippen molar-refractivity contribution in [1.82, 2.24) is 0 Å². The summed E-state index contributed by atoms with van der Waals surface area (Å²) >= 11 is 0. The molecule has 4 nitrogen and oxygen atoms in total. The van der Waals surface area contributed by atoms with Crippen LogP contribution >= 0.6 is 0 Å². The predicted octanol–water partition coefficient (Wildman–Crippen LogP) is 3.94. The number of hydrogen-bond donors (Lipinski definition) is 0. The van der Waals surface area contributed by atoms with Gasteiger partial charge in [-0.3, -0.25) is 10.1 Å². The van der Waals surface area contributed by atoms with Crippen LogP contribution in [-0.2, 0) is 13.0 Å². The molecule has 2 aromatic rings. The molecule has 4 heteroatoms. The van der Waals surface area contributed by atoms with Crippen molar-refractivity contribution in [2.75, 3.05) is 4.90 Å². The highest BCUT2D eigenvalue weighted by molar-refractivity contribution is 5.57. The van der Waals surface area contributed by atoms with Gasteiger partial charge in [-0.1, -0.05) is 36.4 Å². The van der Waals surface area contributed by atoms with E-state index in [0.717, 1.165) is 18.4 Å². The lowest BCUT2D eigenvalue weighted by Gasteiger charge is -2.37. The molecule has 1 aliphatic rings. The SMILES string of the molecule is CC1CCc2ccccc2N1Cc1ccccc1[N+](=O)[O-]. The van der Waals surface area contributed by atoms with Gasteiger partial charge in [0.25, 0.3) is 5.69 Å². The molecule has 0 saturated carbocycles. The topological polar surface area (TPSA) is 46.4 Å². The lowest BCUT2D eigenvalue weighted by atomic mass is 9.96. The molecule has 108 valence electrons. The number of nitro benzene ring substituents is 1. The van der Waals surface area contributed by atoms with Crippen molar-refractivity contribution in [3.8, 4) is 0 Å². The van der Waals surface area contributed by atoms with Gasteiger partial charge in [-0.2, -0.15) is 0 Å². The molecule has 1 aliphatic heterocycles. The number of fused-ring (bicyclic) bond motifs is 1. The molecule has 0 bridgehead atoms. The molecule has 2 aromatic carbocycles. The first kappa shape index (κ1) is 13.6. The van der Waals surface area contributed by atoms with E-state index in [1.54, 1.807) is 12.1 Å². The zero-order chi connectivity index (χ0) is 14.8. The Bertz CT molecular complexity index is 669. The number of anilines is 1. The quantitative estimate of drug-likeness (QED) is 0.633. The predicted molar refractivity (Wildman–Crippen MR) is 83.5 cm³/mol. The highest BCUT2D eigenvalue weighted by atomic mass is 16.6. The van der Waals surface area contributed by atoms with Gasteiger partial charge in [-0.25, -0.2) is 0 Å². The summed E-state index contributed by atoms with van der Waals surface area (Å²) in [6.45, 7) is 2.76. The van der Waals surface area contributed by atoms with Crippen LogP contribution in [0.5, 0.6) is 0 Å². The van der Waals surface area contributed by atoms with Crippen LogP contribution in [0.1, 0.15) is 24.5 Å². The highest BCUT2D eigenvalue weighted by Gasteiger charge is 2.25. The van der Waals surface area contributed by atoms with Crippen LogP contribution in [0.3, 0.4) is 0 Å². The summed E-state index contributed by atoms with van der Waals surface area (Å²) in [5, 5.41) is 11.2. The van der Waals surface area contributed by atoms with Crippen LogP contribution in [0, 0.1) is 10.1 Å². The van der Waals surface area contributed by atoms with Crippen molar-refractivity contribution in [2.45, 2.75) is 32.4 Å². The maximum atomic E-state index is 11.2. The number of nitro groups is 1. The molecule has 0 amide bonds. The summed E-state index contributed by atoms with van der Waals surface area (Å²) in [7, 11) is 0. The van der Waals surface area contributed by atoms with E-state index in [2.05, 4.69) is 30.0 Å². The fourth-order valence-electron chi connectivity index (χ4n) is 3.01. The first-order valence-corrected chi connectivity index (χ1v) is 7.23. The Kier molecular flexibility index (Phi) is 3.60. The van der Waals surface area contributed by atoms with Crippen molar-refractivity contribution < 1.29 is 4.92 Å². The number of aryl methyl sites for hydroxylation is 1. The van der Waals surface area contributed by atoms with E-state index in [1.165, 1.54) is 11.3 Å². The van der Waals surface area contributed by atoms with Gasteiger partial charge < -0.3 is 4.90 Å². The molecule has 0 saturated heterocycles. The van der Waals surface area contributed by atoms with E-state index < -0.39 is 0 Å². The monoisotopic (exact) mass is 282 g/mol. The molecular weight excluding hydrogens is 264 g/mol. The van der Waals surface area contributed by atoms with Gasteiger partial charge >= 0.3 is 0 Å². The number of rotatable bonds is 3. The van der Waals surface area contributed by atoms with Gasteiger partial charge in [0.1, 0.15) is 0 Å². The molecule has 0 fully saturated rings. The summed E-state index contributed by atoms with van der Waals surface area (Å²) in [4.78, 5) is 13.2. The minimum atomic E-state index is -0.296. The molecule has 0 radical (unpaired) electrons. The Labute approximate surface area is 124 Å². The van der Waals surface area contributed by atoms with E-state index in [9.17, 15) is 10.1 Å². The molecule has 1 heterocycles. The van der Waals surface area contributed by atoms with Gasteiger partial charge in [-0.05, 0) is 31.4 Å². The summed E-state index contributed by atoms with van der Waals surface area (Å²) in [6.07, 6.45) is 2.16. The first-order chi connectivity index (χ1) is 10.2. The third-order valence-corrected chi connectivity index (χ3v) is 4.19. The maximum Gasteiger partial charge on any atom is 0.274 e. The van der Waals surface area contributed by atoms with Gasteiger partial charge in [-0.15, -0.1) is 0 Å². The van der Waals surface area contributed by atoms with E-state index in [4.69, 9.17) is 0 Å². The second-order valence-electron chi connectivity index (χ2n) is 5.53. The standard InChI is InChI=1S/C17H18N2O2/c1-13-10-11-14-6-2-4-8-16(14)18(13)12-15-7-3-5-9-17(15)19(20)21/h2-9,13H,10-12H2,1H3. The third kappa shape index (κ3) is 2.61. The fourth-order valence-corrected chi connectivity index (χ4v) is 3.01. The van der Waals surface area contributed by atoms with Crippen molar-refractivity contribution in [2.24, 2.45) is 0 Å². The molecule has 0 spiro atoms. The molecular formula is C17H18N2O2. The average Bonchev–Trinajstić information content (AvgIpc) is 2.50. The number of para-hydroxylation sites is 2. The molecule has 1 atom stereocenters. The van der Waals surface area contributed by atoms with E-state index >= 15 is 0 Å². The zero-order valence-electron chi connectivity index (χ0n) is 12.0. The van der Waals surface area contributed by atoms with Crippen LogP contribution in [0.25, 0.3) is 0 Å². The molecule has 0 aromatic heterocycles. The molecule has 0 aliphatic carbocycles. The summed E-state index contributed by atoms with van der Waals surface area (Å²) in [6, 6.07) is 15.7. The highest BCUT2D eigenvalue weighted by Crippen LogP contribution is 2.33. The molecule has 21 heavy (non-hydrogen) atoms. The van der Waals surface area contributed by atoms with E-state index in [-0.39, 0.29) is 10.6 Å². The summed E-state index contributed by atoms with van der Waals surface area (Å²) < 4.78 is 0. The second kappa shape index (κ2) is 5.56. The maximum absolute atomic E-state index is 11.2. The van der Waals surface area contributed by atoms with Gasteiger partial charge in [0.15, 0.2) is 0 Å². The van der Waals surface area contributed by atoms with Crippen molar-refractivity contribution in [3.63, 3.8) is 0 Å². The van der Waals surface area contributed by atoms with E-state index in [0.29, 0.717) is 12.6 Å². The Hall–Kier alpha value is -2.36. The van der Waals surface area contributed by atoms with Crippen molar-refractivity contribution in [1.29, 1.82) is 0 Å².